The van der Waals surface area contributed by atoms with E-state index in [1.165, 1.54) is 14.2 Å². The van der Waals surface area contributed by atoms with Crippen molar-refractivity contribution in [2.24, 2.45) is 0 Å². The number of hydrogen-bond donors (Lipinski definition) is 0. The molecule has 10 nitrogen and oxygen atoms in total. The Kier molecular flexibility index (Phi) is 14.2. The van der Waals surface area contributed by atoms with Crippen LogP contribution in [0.4, 0.5) is 0 Å². The summed E-state index contributed by atoms with van der Waals surface area (Å²) in [6.07, 6.45) is 3.19. The summed E-state index contributed by atoms with van der Waals surface area (Å²) in [7, 11) is -5.68. The first kappa shape index (κ1) is 45.4. The van der Waals surface area contributed by atoms with Crippen LogP contribution in [0.15, 0.2) is 134 Å². The van der Waals surface area contributed by atoms with Gasteiger partial charge in [0.05, 0.1) is 14.2 Å². The molecule has 0 aliphatic carbocycles. The minimum Gasteiger partial charge on any atom is -0.493 e. The molecule has 2 atom stereocenters. The van der Waals surface area contributed by atoms with Gasteiger partial charge in [-0.2, -0.15) is 9.13 Å². The molecule has 6 aromatic carbocycles. The fourth-order valence-corrected chi connectivity index (χ4v) is 9.63. The molecule has 0 fully saturated rings. The zero-order valence-electron chi connectivity index (χ0n) is 36.7. The second-order valence-electron chi connectivity index (χ2n) is 15.4. The lowest BCUT2D eigenvalue weighted by Gasteiger charge is -2.27. The number of allylic oxidation sites excluding steroid dienone is 1. The maximum atomic E-state index is 14.6. The lowest BCUT2D eigenvalue weighted by Crippen LogP contribution is -2.18. The second kappa shape index (κ2) is 19.3. The van der Waals surface area contributed by atoms with E-state index in [2.05, 4.69) is 20.4 Å². The number of methoxy groups -OCH3 is 2. The highest BCUT2D eigenvalue weighted by molar-refractivity contribution is 7.50. The van der Waals surface area contributed by atoms with Crippen LogP contribution in [0.5, 0.6) is 46.0 Å². The normalized spacial score (nSPS) is 13.2. The molecule has 324 valence electrons. The number of ether oxygens (including phenoxy) is 2. The number of aryl methyl sites for hydroxylation is 5. The lowest BCUT2D eigenvalue weighted by atomic mass is 9.78. The second-order valence-corrected chi connectivity index (χ2v) is 18.3. The maximum absolute atomic E-state index is 14.6. The fraction of sp³-hybridized carbons (Fsp3) is 0.240. The van der Waals surface area contributed by atoms with Gasteiger partial charge in [-0.25, -0.2) is 0 Å². The van der Waals surface area contributed by atoms with Gasteiger partial charge < -0.3 is 36.6 Å². The van der Waals surface area contributed by atoms with Crippen LogP contribution in [0.1, 0.15) is 65.3 Å². The van der Waals surface area contributed by atoms with Gasteiger partial charge in [-0.1, -0.05) is 99.6 Å². The largest absolute Gasteiger partial charge is 0.647 e. The van der Waals surface area contributed by atoms with E-state index in [1.807, 2.05) is 113 Å². The predicted octanol–water partition coefficient (Wildman–Crippen LogP) is 13.8. The van der Waals surface area contributed by atoms with Gasteiger partial charge in [0.2, 0.25) is 0 Å². The van der Waals surface area contributed by atoms with E-state index in [1.54, 1.807) is 48.5 Å². The van der Waals surface area contributed by atoms with Crippen molar-refractivity contribution in [1.82, 2.24) is 0 Å². The monoisotopic (exact) mass is 876 g/mol. The summed E-state index contributed by atoms with van der Waals surface area (Å²) in [5.41, 5.74) is 6.39. The first-order valence-corrected chi connectivity index (χ1v) is 23.2. The Balaban J connectivity index is 1.25. The Morgan fingerprint density at radius 1 is 0.516 bits per heavy atom. The smallest absolute Gasteiger partial charge is 0.493 e. The van der Waals surface area contributed by atoms with Gasteiger partial charge in [0, 0.05) is 5.41 Å². The summed E-state index contributed by atoms with van der Waals surface area (Å²) >= 11 is 0. The summed E-state index contributed by atoms with van der Waals surface area (Å²) in [5.74, 6) is 2.55. The van der Waals surface area contributed by atoms with E-state index < -0.39 is 21.1 Å². The standard InChI is InChI=1S/C50H54O10P2/c1-11-15-39-21-31-45(47(33-39)54-10)58-62(52,60-49-36(5)18-14-19-37(49)6)56-43-28-24-41(25-29-43)50(7,8)40-22-26-42(27-23-40)55-61(51,59-48-34(3)16-13-17-35(48)4)57-44-30-20-38(12-2)32-46(44)53-9/h11,13-14,16-33H,1,12,15H2,2-10H3. The number of rotatable bonds is 19. The molecule has 0 bridgehead atoms. The summed E-state index contributed by atoms with van der Waals surface area (Å²) in [5, 5.41) is 0. The Morgan fingerprint density at radius 2 is 0.903 bits per heavy atom. The fourth-order valence-electron chi connectivity index (χ4n) is 6.84. The number of phosphoric acid groups is 2. The Labute approximate surface area is 365 Å². The third-order valence-electron chi connectivity index (χ3n) is 10.5. The molecule has 6 aromatic rings. The molecule has 0 amide bonds. The van der Waals surface area contributed by atoms with E-state index >= 15 is 0 Å². The molecule has 0 radical (unpaired) electrons. The maximum Gasteiger partial charge on any atom is 0.647 e. The van der Waals surface area contributed by atoms with Gasteiger partial charge in [0.1, 0.15) is 23.0 Å². The van der Waals surface area contributed by atoms with E-state index in [0.29, 0.717) is 29.4 Å². The van der Waals surface area contributed by atoms with Crippen molar-refractivity contribution in [1.29, 1.82) is 0 Å². The highest BCUT2D eigenvalue weighted by Gasteiger charge is 2.37. The summed E-state index contributed by atoms with van der Waals surface area (Å²) in [6.45, 7) is 17.5. The number of benzene rings is 6. The molecule has 2 unspecified atom stereocenters. The van der Waals surface area contributed by atoms with Crippen LogP contribution in [0.3, 0.4) is 0 Å². The summed E-state index contributed by atoms with van der Waals surface area (Å²) < 4.78 is 77.1. The van der Waals surface area contributed by atoms with Gasteiger partial charge in [0.15, 0.2) is 23.0 Å². The van der Waals surface area contributed by atoms with Crippen molar-refractivity contribution in [3.8, 4) is 46.0 Å². The van der Waals surface area contributed by atoms with Crippen LogP contribution in [0.2, 0.25) is 0 Å². The van der Waals surface area contributed by atoms with Crippen LogP contribution in [-0.4, -0.2) is 14.2 Å². The first-order chi connectivity index (χ1) is 29.6. The molecule has 0 spiro atoms. The molecule has 0 saturated heterocycles. The Morgan fingerprint density at radius 3 is 1.27 bits per heavy atom. The highest BCUT2D eigenvalue weighted by atomic mass is 31.2. The molecule has 6 rings (SSSR count). The molecular formula is C50H54O10P2. The molecule has 62 heavy (non-hydrogen) atoms. The van der Waals surface area contributed by atoms with Gasteiger partial charge >= 0.3 is 15.6 Å². The SMILES string of the molecule is C=CCc1ccc(OP(=O)(Oc2ccc(C(C)(C)c3ccc(OP(=O)(Oc4ccc(CC)cc4OC)Oc4c(C)cccc4C)cc3)cc2)Oc2c(C)cccc2C)c(OC)c1. The van der Waals surface area contributed by atoms with Gasteiger partial charge in [0.25, 0.3) is 0 Å². The molecule has 0 aromatic heterocycles. The van der Waals surface area contributed by atoms with E-state index in [9.17, 15) is 9.13 Å². The average Bonchev–Trinajstić information content (AvgIpc) is 3.25. The van der Waals surface area contributed by atoms with Gasteiger partial charge in [-0.3, -0.25) is 0 Å². The van der Waals surface area contributed by atoms with Crippen LogP contribution < -0.4 is 36.6 Å². The minimum absolute atomic E-state index is 0.199. The van der Waals surface area contributed by atoms with Crippen LogP contribution in [-0.2, 0) is 27.4 Å². The van der Waals surface area contributed by atoms with Crippen molar-refractivity contribution in [2.45, 2.75) is 66.7 Å². The highest BCUT2D eigenvalue weighted by Crippen LogP contribution is 2.54. The number of hydrogen-bond acceptors (Lipinski definition) is 10. The van der Waals surface area contributed by atoms with Crippen LogP contribution in [0.25, 0.3) is 0 Å². The van der Waals surface area contributed by atoms with Gasteiger partial charge in [-0.15, -0.1) is 6.58 Å². The topological polar surface area (TPSA) is 108 Å². The molecule has 0 saturated carbocycles. The van der Waals surface area contributed by atoms with Crippen molar-refractivity contribution in [3.05, 3.63) is 178 Å². The predicted molar refractivity (Wildman–Crippen MR) is 245 cm³/mol. The number of phosphoric ester groups is 2. The van der Waals surface area contributed by atoms with Crippen LogP contribution >= 0.6 is 15.6 Å². The quantitative estimate of drug-likeness (QED) is 0.0576. The minimum atomic E-state index is -4.37. The third-order valence-corrected chi connectivity index (χ3v) is 13.0. The third kappa shape index (κ3) is 10.7. The lowest BCUT2D eigenvalue weighted by molar-refractivity contribution is 0.288. The van der Waals surface area contributed by atoms with Crippen molar-refractivity contribution in [3.63, 3.8) is 0 Å². The zero-order valence-corrected chi connectivity index (χ0v) is 38.5. The van der Waals surface area contributed by atoms with E-state index in [4.69, 9.17) is 36.6 Å². The van der Waals surface area contributed by atoms with Crippen LogP contribution in [0, 0.1) is 27.7 Å². The zero-order chi connectivity index (χ0) is 44.7. The Hall–Kier alpha value is -6.08. The van der Waals surface area contributed by atoms with Gasteiger partial charge in [-0.05, 0) is 134 Å². The average molecular weight is 877 g/mol. The Bertz CT molecular complexity index is 2580. The summed E-state index contributed by atoms with van der Waals surface area (Å²) in [4.78, 5) is 0. The van der Waals surface area contributed by atoms with E-state index in [0.717, 1.165) is 50.9 Å². The molecule has 12 heteroatoms. The van der Waals surface area contributed by atoms with Crippen molar-refractivity contribution in [2.75, 3.05) is 14.2 Å². The van der Waals surface area contributed by atoms with Crippen molar-refractivity contribution >= 4 is 15.6 Å². The van der Waals surface area contributed by atoms with Crippen molar-refractivity contribution < 1.29 is 45.7 Å². The molecule has 0 aliphatic rings. The molecular weight excluding hydrogens is 822 g/mol. The van der Waals surface area contributed by atoms with E-state index in [-0.39, 0.29) is 23.0 Å². The first-order valence-electron chi connectivity index (χ1n) is 20.2. The molecule has 0 heterocycles. The molecule has 0 N–H and O–H groups in total. The summed E-state index contributed by atoms with van der Waals surface area (Å²) in [6, 6.07) is 36.5. The number of para-hydroxylation sites is 2. The molecule has 0 aliphatic heterocycles.